The second kappa shape index (κ2) is 4.74. The fourth-order valence-electron chi connectivity index (χ4n) is 3.16. The van der Waals surface area contributed by atoms with E-state index in [2.05, 4.69) is 18.7 Å². The second-order valence-corrected chi connectivity index (χ2v) is 8.30. The lowest BCUT2D eigenvalue weighted by Crippen LogP contribution is -2.56. The van der Waals surface area contributed by atoms with Gasteiger partial charge in [0.2, 0.25) is 10.0 Å². The summed E-state index contributed by atoms with van der Waals surface area (Å²) in [6, 6.07) is 0.615. The van der Waals surface area contributed by atoms with Crippen LogP contribution < -0.4 is 5.73 Å². The van der Waals surface area contributed by atoms with Gasteiger partial charge in [-0.3, -0.25) is 4.90 Å². The highest BCUT2D eigenvalue weighted by Gasteiger charge is 2.43. The first-order valence-electron chi connectivity index (χ1n) is 6.66. The molecular weight excluding hydrogens is 250 g/mol. The van der Waals surface area contributed by atoms with E-state index in [-0.39, 0.29) is 11.5 Å². The van der Waals surface area contributed by atoms with E-state index in [0.29, 0.717) is 19.1 Å². The number of hydrogen-bond donors (Lipinski definition) is 1. The smallest absolute Gasteiger partial charge is 0.211 e. The van der Waals surface area contributed by atoms with Gasteiger partial charge >= 0.3 is 0 Å². The van der Waals surface area contributed by atoms with Gasteiger partial charge in [-0.2, -0.15) is 4.31 Å². The van der Waals surface area contributed by atoms with Gasteiger partial charge in [-0.25, -0.2) is 8.42 Å². The molecule has 2 atom stereocenters. The maximum atomic E-state index is 11.5. The highest BCUT2D eigenvalue weighted by atomic mass is 32.2. The number of nitrogens with zero attached hydrogens (tertiary/aromatic N) is 2. The molecule has 1 heterocycles. The van der Waals surface area contributed by atoms with Gasteiger partial charge in [0.15, 0.2) is 0 Å². The van der Waals surface area contributed by atoms with Crippen molar-refractivity contribution < 1.29 is 8.42 Å². The maximum absolute atomic E-state index is 11.5. The molecule has 1 aliphatic carbocycles. The van der Waals surface area contributed by atoms with Gasteiger partial charge in [0.25, 0.3) is 0 Å². The van der Waals surface area contributed by atoms with Crippen LogP contribution in [-0.2, 0) is 10.0 Å². The van der Waals surface area contributed by atoms with Crippen molar-refractivity contribution in [2.45, 2.75) is 38.8 Å². The molecule has 0 amide bonds. The summed E-state index contributed by atoms with van der Waals surface area (Å²) in [5.41, 5.74) is 6.54. The molecule has 6 heteroatoms. The molecule has 18 heavy (non-hydrogen) atoms. The van der Waals surface area contributed by atoms with Crippen LogP contribution in [-0.4, -0.2) is 62.1 Å². The Bertz CT molecular complexity index is 400. The quantitative estimate of drug-likeness (QED) is 0.775. The molecule has 1 saturated heterocycles. The lowest BCUT2D eigenvalue weighted by molar-refractivity contribution is 0.118. The van der Waals surface area contributed by atoms with Crippen LogP contribution in [0.5, 0.6) is 0 Å². The van der Waals surface area contributed by atoms with Crippen LogP contribution in [0.15, 0.2) is 0 Å². The lowest BCUT2D eigenvalue weighted by atomic mass is 9.87. The molecule has 0 aromatic heterocycles. The molecule has 0 bridgehead atoms. The first-order valence-corrected chi connectivity index (χ1v) is 8.51. The summed E-state index contributed by atoms with van der Waals surface area (Å²) in [6.45, 7) is 7.27. The average molecular weight is 275 g/mol. The fraction of sp³-hybridized carbons (Fsp3) is 1.00. The molecule has 5 nitrogen and oxygen atoms in total. The first-order chi connectivity index (χ1) is 8.22. The Morgan fingerprint density at radius 1 is 1.17 bits per heavy atom. The Balaban J connectivity index is 1.95. The Labute approximate surface area is 110 Å². The predicted octanol–water partition coefficient (Wildman–Crippen LogP) is 0.0795. The van der Waals surface area contributed by atoms with Crippen LogP contribution in [0.1, 0.15) is 26.7 Å². The van der Waals surface area contributed by atoms with E-state index < -0.39 is 10.0 Å². The van der Waals surface area contributed by atoms with Gasteiger partial charge in [-0.15, -0.1) is 0 Å². The van der Waals surface area contributed by atoms with Crippen LogP contribution in [0.3, 0.4) is 0 Å². The van der Waals surface area contributed by atoms with Crippen LogP contribution >= 0.6 is 0 Å². The molecule has 2 aliphatic rings. The van der Waals surface area contributed by atoms with Gasteiger partial charge in [-0.1, -0.05) is 13.8 Å². The zero-order chi connectivity index (χ0) is 13.6. The Morgan fingerprint density at radius 3 is 2.11 bits per heavy atom. The Morgan fingerprint density at radius 2 is 1.72 bits per heavy atom. The lowest BCUT2D eigenvalue weighted by Gasteiger charge is -2.40. The summed E-state index contributed by atoms with van der Waals surface area (Å²) < 4.78 is 24.5. The number of rotatable bonds is 2. The van der Waals surface area contributed by atoms with E-state index in [1.165, 1.54) is 6.26 Å². The largest absolute Gasteiger partial charge is 0.326 e. The summed E-state index contributed by atoms with van der Waals surface area (Å²) in [7, 11) is -3.03. The molecule has 0 aromatic carbocycles. The summed E-state index contributed by atoms with van der Waals surface area (Å²) in [4.78, 5) is 2.38. The molecule has 2 fully saturated rings. The molecule has 2 N–H and O–H groups in total. The third kappa shape index (κ3) is 2.71. The van der Waals surface area contributed by atoms with Crippen LogP contribution in [0.25, 0.3) is 0 Å². The third-order valence-electron chi connectivity index (χ3n) is 4.61. The van der Waals surface area contributed by atoms with Crippen LogP contribution in [0.2, 0.25) is 0 Å². The average Bonchev–Trinajstić information content (AvgIpc) is 2.53. The zero-order valence-electron chi connectivity index (χ0n) is 11.6. The van der Waals surface area contributed by atoms with Gasteiger partial charge in [0.05, 0.1) is 6.26 Å². The Kier molecular flexibility index (Phi) is 3.75. The van der Waals surface area contributed by atoms with Crippen molar-refractivity contribution in [3.63, 3.8) is 0 Å². The van der Waals surface area contributed by atoms with Gasteiger partial charge < -0.3 is 5.73 Å². The second-order valence-electron chi connectivity index (χ2n) is 6.32. The van der Waals surface area contributed by atoms with E-state index in [9.17, 15) is 8.42 Å². The first kappa shape index (κ1) is 14.2. The third-order valence-corrected chi connectivity index (χ3v) is 5.92. The molecule has 2 unspecified atom stereocenters. The molecule has 0 aromatic rings. The van der Waals surface area contributed by atoms with E-state index in [1.807, 2.05) is 0 Å². The van der Waals surface area contributed by atoms with Crippen molar-refractivity contribution in [1.29, 1.82) is 0 Å². The van der Waals surface area contributed by atoms with Gasteiger partial charge in [0, 0.05) is 38.3 Å². The summed E-state index contributed by atoms with van der Waals surface area (Å²) >= 11 is 0. The molecule has 0 radical (unpaired) electrons. The van der Waals surface area contributed by atoms with Gasteiger partial charge in [-0.05, 0) is 18.3 Å². The molecule has 106 valence electrons. The predicted molar refractivity (Wildman–Crippen MR) is 72.8 cm³/mol. The van der Waals surface area contributed by atoms with Crippen molar-refractivity contribution >= 4 is 10.0 Å². The fourth-order valence-corrected chi connectivity index (χ4v) is 3.99. The maximum Gasteiger partial charge on any atom is 0.211 e. The molecule has 2 rings (SSSR count). The minimum absolute atomic E-state index is 0.197. The van der Waals surface area contributed by atoms with Crippen LogP contribution in [0.4, 0.5) is 0 Å². The minimum Gasteiger partial charge on any atom is -0.326 e. The van der Waals surface area contributed by atoms with Crippen molar-refractivity contribution in [1.82, 2.24) is 9.21 Å². The molecule has 1 aliphatic heterocycles. The summed E-state index contributed by atoms with van der Waals surface area (Å²) in [5, 5.41) is 0. The van der Waals surface area contributed by atoms with E-state index in [4.69, 9.17) is 5.73 Å². The summed E-state index contributed by atoms with van der Waals surface area (Å²) in [5.74, 6) is 0. The van der Waals surface area contributed by atoms with Gasteiger partial charge in [0.1, 0.15) is 0 Å². The number of nitrogens with two attached hydrogens (primary N) is 1. The molecular formula is C12H25N3O2S. The van der Waals surface area contributed by atoms with Crippen molar-refractivity contribution in [2.24, 2.45) is 11.1 Å². The number of piperazine rings is 1. The van der Waals surface area contributed by atoms with E-state index in [1.54, 1.807) is 4.31 Å². The zero-order valence-corrected chi connectivity index (χ0v) is 12.4. The Hall–Kier alpha value is -0.170. The van der Waals surface area contributed by atoms with Crippen molar-refractivity contribution in [2.75, 3.05) is 32.4 Å². The van der Waals surface area contributed by atoms with E-state index >= 15 is 0 Å². The normalized spacial score (nSPS) is 34.9. The monoisotopic (exact) mass is 275 g/mol. The highest BCUT2D eigenvalue weighted by Crippen LogP contribution is 2.38. The van der Waals surface area contributed by atoms with E-state index in [0.717, 1.165) is 25.9 Å². The van der Waals surface area contributed by atoms with Crippen LogP contribution in [0, 0.1) is 5.41 Å². The van der Waals surface area contributed by atoms with Crippen molar-refractivity contribution in [3.05, 3.63) is 0 Å². The summed E-state index contributed by atoms with van der Waals surface area (Å²) in [6.07, 6.45) is 3.57. The highest BCUT2D eigenvalue weighted by molar-refractivity contribution is 7.88. The topological polar surface area (TPSA) is 66.6 Å². The standard InChI is InChI=1S/C12H25N3O2S/c1-12(2)5-4-10(11(12)13)14-6-8-15(9-7-14)18(3,16)17/h10-11H,4-9,13H2,1-3H3. The SMILES string of the molecule is CC1(C)CCC(N2CCN(S(C)(=O)=O)CC2)C1N. The molecule has 1 saturated carbocycles. The number of hydrogen-bond acceptors (Lipinski definition) is 4. The number of sulfonamides is 1. The van der Waals surface area contributed by atoms with Crippen molar-refractivity contribution in [3.8, 4) is 0 Å². The molecule has 0 spiro atoms. The minimum atomic E-state index is -3.03.